The Morgan fingerprint density at radius 1 is 1.13 bits per heavy atom. The Morgan fingerprint density at radius 2 is 1.82 bits per heavy atom. The van der Waals surface area contributed by atoms with Gasteiger partial charge in [0.25, 0.3) is 11.8 Å². The molecular formula is C25H35N5O7S. The number of aryl methyl sites for hydroxylation is 2. The van der Waals surface area contributed by atoms with Crippen LogP contribution >= 0.6 is 0 Å². The monoisotopic (exact) mass is 549 g/mol. The van der Waals surface area contributed by atoms with Gasteiger partial charge in [0.1, 0.15) is 11.4 Å². The van der Waals surface area contributed by atoms with Crippen molar-refractivity contribution in [2.24, 2.45) is 18.7 Å². The van der Waals surface area contributed by atoms with Gasteiger partial charge in [0.15, 0.2) is 0 Å². The van der Waals surface area contributed by atoms with Crippen LogP contribution in [0.25, 0.3) is 0 Å². The molecule has 1 aromatic carbocycles. The molecular weight excluding hydrogens is 514 g/mol. The first kappa shape index (κ1) is 29.1. The molecule has 38 heavy (non-hydrogen) atoms. The van der Waals surface area contributed by atoms with Crippen molar-refractivity contribution >= 4 is 33.5 Å². The molecule has 208 valence electrons. The molecule has 2 amide bonds. The first-order chi connectivity index (χ1) is 18.0. The second-order valence-electron chi connectivity index (χ2n) is 8.88. The standard InChI is InChI=1S/C25H35N5O7S/c1-5-8-19-21(22(23(26)31)29(4)28-19)27-24(32)18-15-17(9-10-20(18)36-6-2)38(34,35)30-13-11-16(12-14-30)25(33)37-7-3/h9-10,15-16H,5-8,11-14H2,1-4H3,(H2,26,31)(H,27,32). The summed E-state index contributed by atoms with van der Waals surface area (Å²) in [6.07, 6.45) is 1.90. The van der Waals surface area contributed by atoms with E-state index in [9.17, 15) is 22.8 Å². The lowest BCUT2D eigenvalue weighted by molar-refractivity contribution is -0.149. The largest absolute Gasteiger partial charge is 0.493 e. The fourth-order valence-electron chi connectivity index (χ4n) is 4.46. The number of carbonyl (C=O) groups excluding carboxylic acids is 3. The van der Waals surface area contributed by atoms with Crippen LogP contribution in [0.5, 0.6) is 5.75 Å². The zero-order valence-electron chi connectivity index (χ0n) is 22.2. The Bertz CT molecular complexity index is 1300. The highest BCUT2D eigenvalue weighted by atomic mass is 32.2. The second kappa shape index (κ2) is 12.4. The average Bonchev–Trinajstić information content (AvgIpc) is 3.19. The molecule has 3 N–H and O–H groups in total. The minimum Gasteiger partial charge on any atom is -0.493 e. The number of esters is 1. The molecule has 0 saturated carbocycles. The third-order valence-electron chi connectivity index (χ3n) is 6.29. The summed E-state index contributed by atoms with van der Waals surface area (Å²) in [5, 5.41) is 7.02. The van der Waals surface area contributed by atoms with Crippen LogP contribution in [-0.2, 0) is 33.0 Å². The summed E-state index contributed by atoms with van der Waals surface area (Å²) >= 11 is 0. The van der Waals surface area contributed by atoms with Gasteiger partial charge in [-0.3, -0.25) is 19.1 Å². The lowest BCUT2D eigenvalue weighted by Gasteiger charge is -2.30. The molecule has 0 atom stereocenters. The number of nitrogens with one attached hydrogen (secondary N) is 1. The first-order valence-corrected chi connectivity index (χ1v) is 14.1. The highest BCUT2D eigenvalue weighted by Crippen LogP contribution is 2.30. The second-order valence-corrected chi connectivity index (χ2v) is 10.8. The van der Waals surface area contributed by atoms with Crippen molar-refractivity contribution < 1.29 is 32.3 Å². The summed E-state index contributed by atoms with van der Waals surface area (Å²) in [6.45, 7) is 6.22. The molecule has 13 heteroatoms. The number of nitrogens with two attached hydrogens (primary N) is 1. The number of anilines is 1. The van der Waals surface area contributed by atoms with Gasteiger partial charge in [-0.1, -0.05) is 13.3 Å². The Labute approximate surface area is 222 Å². The molecule has 2 aromatic rings. The zero-order chi connectivity index (χ0) is 28.0. The Balaban J connectivity index is 1.92. The molecule has 1 saturated heterocycles. The molecule has 1 aromatic heterocycles. The maximum atomic E-state index is 13.4. The van der Waals surface area contributed by atoms with Crippen molar-refractivity contribution in [1.82, 2.24) is 14.1 Å². The maximum Gasteiger partial charge on any atom is 0.309 e. The van der Waals surface area contributed by atoms with E-state index >= 15 is 0 Å². The van der Waals surface area contributed by atoms with Gasteiger partial charge in [-0.2, -0.15) is 9.40 Å². The van der Waals surface area contributed by atoms with Crippen LogP contribution in [0, 0.1) is 5.92 Å². The molecule has 12 nitrogen and oxygen atoms in total. The quantitative estimate of drug-likeness (QED) is 0.403. The number of amides is 2. The smallest absolute Gasteiger partial charge is 0.309 e. The van der Waals surface area contributed by atoms with Crippen molar-refractivity contribution in [3.63, 3.8) is 0 Å². The normalized spacial score (nSPS) is 14.7. The van der Waals surface area contributed by atoms with E-state index in [2.05, 4.69) is 10.4 Å². The van der Waals surface area contributed by atoms with Crippen LogP contribution in [-0.4, -0.2) is 66.6 Å². The fourth-order valence-corrected chi connectivity index (χ4v) is 5.95. The lowest BCUT2D eigenvalue weighted by atomic mass is 9.98. The summed E-state index contributed by atoms with van der Waals surface area (Å²) in [5.74, 6) is -1.91. The number of nitrogens with zero attached hydrogens (tertiary/aromatic N) is 3. The van der Waals surface area contributed by atoms with Crippen LogP contribution in [0.15, 0.2) is 23.1 Å². The summed E-state index contributed by atoms with van der Waals surface area (Å²) in [6, 6.07) is 4.07. The Kier molecular flexibility index (Phi) is 9.50. The Morgan fingerprint density at radius 3 is 2.39 bits per heavy atom. The first-order valence-electron chi connectivity index (χ1n) is 12.7. The molecule has 0 radical (unpaired) electrons. The molecule has 2 heterocycles. The van der Waals surface area contributed by atoms with Gasteiger partial charge >= 0.3 is 5.97 Å². The summed E-state index contributed by atoms with van der Waals surface area (Å²) in [4.78, 5) is 37.5. The zero-order valence-corrected chi connectivity index (χ0v) is 23.0. The lowest BCUT2D eigenvalue weighted by Crippen LogP contribution is -2.40. The number of sulfonamides is 1. The summed E-state index contributed by atoms with van der Waals surface area (Å²) < 4.78 is 40.2. The molecule has 0 unspecified atom stereocenters. The van der Waals surface area contributed by atoms with Crippen molar-refractivity contribution in [2.75, 3.05) is 31.6 Å². The van der Waals surface area contributed by atoms with Gasteiger partial charge in [0, 0.05) is 20.1 Å². The van der Waals surface area contributed by atoms with Gasteiger partial charge in [-0.15, -0.1) is 0 Å². The van der Waals surface area contributed by atoms with Gasteiger partial charge in [0.05, 0.1) is 41.0 Å². The minimum atomic E-state index is -3.96. The van der Waals surface area contributed by atoms with E-state index in [1.807, 2.05) is 6.92 Å². The predicted octanol–water partition coefficient (Wildman–Crippen LogP) is 2.09. The molecule has 0 spiro atoms. The average molecular weight is 550 g/mol. The number of hydrogen-bond acceptors (Lipinski definition) is 8. The Hall–Kier alpha value is -3.45. The maximum absolute atomic E-state index is 13.4. The number of rotatable bonds is 11. The fraction of sp³-hybridized carbons (Fsp3) is 0.520. The van der Waals surface area contributed by atoms with Crippen molar-refractivity contribution in [3.8, 4) is 5.75 Å². The van der Waals surface area contributed by atoms with Gasteiger partial charge in [-0.25, -0.2) is 8.42 Å². The van der Waals surface area contributed by atoms with Gasteiger partial charge < -0.3 is 20.5 Å². The highest BCUT2D eigenvalue weighted by molar-refractivity contribution is 7.89. The summed E-state index contributed by atoms with van der Waals surface area (Å²) in [5.41, 5.74) is 6.23. The van der Waals surface area contributed by atoms with Crippen LogP contribution in [0.4, 0.5) is 5.69 Å². The number of primary amides is 1. The molecule has 1 aliphatic rings. The number of carbonyl (C=O) groups is 3. The van der Waals surface area contributed by atoms with Crippen molar-refractivity contribution in [1.29, 1.82) is 0 Å². The third kappa shape index (κ3) is 6.16. The van der Waals surface area contributed by atoms with Crippen LogP contribution in [0.3, 0.4) is 0 Å². The van der Waals surface area contributed by atoms with Crippen molar-refractivity contribution in [3.05, 3.63) is 35.2 Å². The van der Waals surface area contributed by atoms with Gasteiger partial charge in [0.2, 0.25) is 10.0 Å². The van der Waals surface area contributed by atoms with Crippen LogP contribution in [0.2, 0.25) is 0 Å². The van der Waals surface area contributed by atoms with E-state index in [0.717, 1.165) is 0 Å². The molecule has 0 aliphatic carbocycles. The van der Waals surface area contributed by atoms with Crippen LogP contribution < -0.4 is 15.8 Å². The SMILES string of the molecule is CCCc1nn(C)c(C(N)=O)c1NC(=O)c1cc(S(=O)(=O)N2CCC(C(=O)OCC)CC2)ccc1OCC. The number of benzene rings is 1. The number of aromatic nitrogens is 2. The minimum absolute atomic E-state index is 0.0175. The third-order valence-corrected chi connectivity index (χ3v) is 8.18. The molecule has 3 rings (SSSR count). The van der Waals surface area contributed by atoms with Crippen molar-refractivity contribution in [2.45, 2.75) is 51.3 Å². The van der Waals surface area contributed by atoms with E-state index in [1.165, 1.54) is 27.2 Å². The van der Waals surface area contributed by atoms with E-state index in [0.29, 0.717) is 31.4 Å². The van der Waals surface area contributed by atoms with Crippen LogP contribution in [0.1, 0.15) is 66.6 Å². The van der Waals surface area contributed by atoms with E-state index in [-0.39, 0.29) is 65.8 Å². The molecule has 0 bridgehead atoms. The van der Waals surface area contributed by atoms with E-state index in [1.54, 1.807) is 20.9 Å². The highest BCUT2D eigenvalue weighted by Gasteiger charge is 2.33. The predicted molar refractivity (Wildman–Crippen MR) is 139 cm³/mol. The molecule has 1 aliphatic heterocycles. The summed E-state index contributed by atoms with van der Waals surface area (Å²) in [7, 11) is -2.41. The van der Waals surface area contributed by atoms with Gasteiger partial charge in [-0.05, 0) is 51.3 Å². The van der Waals surface area contributed by atoms with E-state index < -0.39 is 21.8 Å². The van der Waals surface area contributed by atoms with E-state index in [4.69, 9.17) is 15.2 Å². The number of ether oxygens (including phenoxy) is 2. The topological polar surface area (TPSA) is 163 Å². The number of hydrogen-bond donors (Lipinski definition) is 2. The molecule has 1 fully saturated rings. The number of piperidine rings is 1.